The number of carbonyl (C=O) groups excluding carboxylic acids is 1. The smallest absolute Gasteiger partial charge is 0.262 e. The molecule has 2 aromatic carbocycles. The number of benzene rings is 2. The predicted octanol–water partition coefficient (Wildman–Crippen LogP) is 3.29. The molecule has 2 heterocycles. The number of rotatable bonds is 3. The summed E-state index contributed by atoms with van der Waals surface area (Å²) < 4.78 is 0. The minimum atomic E-state index is -0.393. The molecule has 0 saturated heterocycles. The van der Waals surface area contributed by atoms with Gasteiger partial charge >= 0.3 is 0 Å². The molecule has 0 saturated carbocycles. The molecule has 0 aliphatic carbocycles. The van der Waals surface area contributed by atoms with Gasteiger partial charge in [-0.25, -0.2) is 9.97 Å². The molecular weight excluding hydrogens is 366 g/mol. The third-order valence-electron chi connectivity index (χ3n) is 3.85. The van der Waals surface area contributed by atoms with Gasteiger partial charge in [-0.2, -0.15) is 4.98 Å². The average Bonchev–Trinajstić information content (AvgIpc) is 2.68. The fraction of sp³-hybridized carbons (Fsp3) is 0. The summed E-state index contributed by atoms with van der Waals surface area (Å²) in [7, 11) is 0. The molecule has 0 radical (unpaired) electrons. The lowest BCUT2D eigenvalue weighted by atomic mass is 10.2. The second-order valence-electron chi connectivity index (χ2n) is 5.65. The van der Waals surface area contributed by atoms with Gasteiger partial charge in [-0.1, -0.05) is 41.9 Å². The number of aromatic nitrogens is 4. The number of H-pyrrole nitrogens is 1. The molecule has 0 spiro atoms. The molecule has 0 aliphatic rings. The molecule has 0 atom stereocenters. The van der Waals surface area contributed by atoms with Gasteiger partial charge in [0.2, 0.25) is 5.95 Å². The topological polar surface area (TPSA) is 101 Å². The molecule has 132 valence electrons. The van der Waals surface area contributed by atoms with Gasteiger partial charge in [-0.15, -0.1) is 0 Å². The molecule has 2 aromatic heterocycles. The summed E-state index contributed by atoms with van der Waals surface area (Å²) in [6.45, 7) is 0. The first-order valence-corrected chi connectivity index (χ1v) is 8.38. The van der Waals surface area contributed by atoms with E-state index >= 15 is 0 Å². The van der Waals surface area contributed by atoms with Crippen molar-refractivity contribution in [2.75, 3.05) is 5.32 Å². The second kappa shape index (κ2) is 6.97. The van der Waals surface area contributed by atoms with Crippen molar-refractivity contribution in [1.82, 2.24) is 19.9 Å². The molecule has 0 aliphatic heterocycles. The van der Waals surface area contributed by atoms with Crippen LogP contribution in [0.15, 0.2) is 65.6 Å². The Labute approximate surface area is 158 Å². The minimum Gasteiger partial charge on any atom is -0.306 e. The quantitative estimate of drug-likeness (QED) is 0.570. The minimum absolute atomic E-state index is 0.0551. The van der Waals surface area contributed by atoms with Crippen LogP contribution in [-0.4, -0.2) is 25.8 Å². The molecule has 4 rings (SSSR count). The lowest BCUT2D eigenvalue weighted by Gasteiger charge is -2.06. The zero-order valence-corrected chi connectivity index (χ0v) is 14.6. The van der Waals surface area contributed by atoms with Crippen LogP contribution in [0.1, 0.15) is 10.4 Å². The molecule has 2 N–H and O–H groups in total. The normalized spacial score (nSPS) is 10.7. The monoisotopic (exact) mass is 377 g/mol. The van der Waals surface area contributed by atoms with E-state index in [-0.39, 0.29) is 28.7 Å². The van der Waals surface area contributed by atoms with Gasteiger partial charge in [0, 0.05) is 17.3 Å². The van der Waals surface area contributed by atoms with E-state index in [1.165, 1.54) is 6.20 Å². The Hall–Kier alpha value is -3.58. The average molecular weight is 378 g/mol. The number of aromatic amines is 1. The van der Waals surface area contributed by atoms with Gasteiger partial charge in [0.25, 0.3) is 11.5 Å². The van der Waals surface area contributed by atoms with Crippen LogP contribution >= 0.6 is 11.6 Å². The summed E-state index contributed by atoms with van der Waals surface area (Å²) in [6.07, 6.45) is 1.32. The van der Waals surface area contributed by atoms with Gasteiger partial charge in [0.05, 0.1) is 5.02 Å². The van der Waals surface area contributed by atoms with Gasteiger partial charge < -0.3 is 4.98 Å². The van der Waals surface area contributed by atoms with Crippen molar-refractivity contribution in [3.8, 4) is 11.4 Å². The van der Waals surface area contributed by atoms with E-state index in [2.05, 4.69) is 25.3 Å². The number of nitrogens with one attached hydrogen (secondary N) is 2. The number of anilines is 1. The first-order valence-electron chi connectivity index (χ1n) is 8.00. The number of amides is 1. The van der Waals surface area contributed by atoms with E-state index in [1.54, 1.807) is 48.5 Å². The Kier molecular flexibility index (Phi) is 4.35. The highest BCUT2D eigenvalue weighted by Gasteiger charge is 2.12. The highest BCUT2D eigenvalue weighted by molar-refractivity contribution is 6.33. The van der Waals surface area contributed by atoms with Crippen LogP contribution in [0.2, 0.25) is 5.02 Å². The lowest BCUT2D eigenvalue weighted by molar-refractivity contribution is 0.102. The van der Waals surface area contributed by atoms with Crippen molar-refractivity contribution < 1.29 is 4.79 Å². The summed E-state index contributed by atoms with van der Waals surface area (Å²) in [5.41, 5.74) is 0.811. The highest BCUT2D eigenvalue weighted by Crippen LogP contribution is 2.24. The summed E-state index contributed by atoms with van der Waals surface area (Å²) in [6, 6.07) is 15.7. The Bertz CT molecular complexity index is 1210. The third kappa shape index (κ3) is 3.40. The van der Waals surface area contributed by atoms with Gasteiger partial charge in [-0.05, 0) is 24.3 Å². The zero-order valence-electron chi connectivity index (χ0n) is 13.8. The molecule has 0 bridgehead atoms. The van der Waals surface area contributed by atoms with Gasteiger partial charge in [0.1, 0.15) is 11.2 Å². The maximum absolute atomic E-state index is 12.3. The SMILES string of the molecule is O=C(Nc1ncc2c(=O)[nH]c(-c3ccccc3Cl)nc2n1)c1ccccc1. The fourth-order valence-electron chi connectivity index (χ4n) is 2.53. The summed E-state index contributed by atoms with van der Waals surface area (Å²) in [5, 5.41) is 3.26. The summed E-state index contributed by atoms with van der Waals surface area (Å²) in [5.74, 6) is -0.0113. The predicted molar refractivity (Wildman–Crippen MR) is 103 cm³/mol. The number of fused-ring (bicyclic) bond motifs is 1. The van der Waals surface area contributed by atoms with Gasteiger partial charge in [-0.3, -0.25) is 14.9 Å². The van der Waals surface area contributed by atoms with Crippen molar-refractivity contribution in [3.63, 3.8) is 0 Å². The molecule has 4 aromatic rings. The maximum atomic E-state index is 12.3. The first-order chi connectivity index (χ1) is 13.1. The van der Waals surface area contributed by atoms with Crippen molar-refractivity contribution in [2.24, 2.45) is 0 Å². The molecule has 0 fully saturated rings. The van der Waals surface area contributed by atoms with Gasteiger partial charge in [0.15, 0.2) is 5.65 Å². The van der Waals surface area contributed by atoms with Crippen LogP contribution in [0.25, 0.3) is 22.4 Å². The van der Waals surface area contributed by atoms with E-state index < -0.39 is 5.56 Å². The van der Waals surface area contributed by atoms with Crippen LogP contribution in [-0.2, 0) is 0 Å². The summed E-state index contributed by atoms with van der Waals surface area (Å²) in [4.78, 5) is 39.9. The Morgan fingerprint density at radius 3 is 2.52 bits per heavy atom. The maximum Gasteiger partial charge on any atom is 0.262 e. The molecule has 8 heteroatoms. The fourth-order valence-corrected chi connectivity index (χ4v) is 2.76. The van der Waals surface area contributed by atoms with E-state index in [0.717, 1.165) is 0 Å². The van der Waals surface area contributed by atoms with Crippen LogP contribution in [0.4, 0.5) is 5.95 Å². The summed E-state index contributed by atoms with van der Waals surface area (Å²) >= 11 is 6.18. The zero-order chi connectivity index (χ0) is 18.8. The van der Waals surface area contributed by atoms with Crippen molar-refractivity contribution >= 4 is 34.5 Å². The molecule has 1 amide bonds. The number of nitrogens with zero attached hydrogens (tertiary/aromatic N) is 3. The molecule has 27 heavy (non-hydrogen) atoms. The Balaban J connectivity index is 1.74. The standard InChI is InChI=1S/C19H12ClN5O2/c20-14-9-5-4-8-12(14)15-22-16-13(18(27)23-15)10-21-19(24-16)25-17(26)11-6-2-1-3-7-11/h1-10H,(H2,21,22,23,24,25,26,27). The number of halogens is 1. The molecule has 0 unspecified atom stereocenters. The highest BCUT2D eigenvalue weighted by atomic mass is 35.5. The van der Waals surface area contributed by atoms with Crippen molar-refractivity contribution in [3.05, 3.63) is 81.7 Å². The van der Waals surface area contributed by atoms with E-state index in [0.29, 0.717) is 16.1 Å². The number of hydrogen-bond donors (Lipinski definition) is 2. The van der Waals surface area contributed by atoms with Crippen molar-refractivity contribution in [1.29, 1.82) is 0 Å². The van der Waals surface area contributed by atoms with E-state index in [9.17, 15) is 9.59 Å². The Morgan fingerprint density at radius 2 is 1.74 bits per heavy atom. The van der Waals surface area contributed by atoms with E-state index in [4.69, 9.17) is 11.6 Å². The molecule has 7 nitrogen and oxygen atoms in total. The van der Waals surface area contributed by atoms with Crippen LogP contribution < -0.4 is 10.9 Å². The van der Waals surface area contributed by atoms with Crippen molar-refractivity contribution in [2.45, 2.75) is 0 Å². The lowest BCUT2D eigenvalue weighted by Crippen LogP contribution is -2.16. The Morgan fingerprint density at radius 1 is 1.00 bits per heavy atom. The first kappa shape index (κ1) is 16.9. The third-order valence-corrected chi connectivity index (χ3v) is 4.18. The number of carbonyl (C=O) groups is 1. The van der Waals surface area contributed by atoms with Crippen LogP contribution in [0, 0.1) is 0 Å². The number of hydrogen-bond acceptors (Lipinski definition) is 5. The van der Waals surface area contributed by atoms with Crippen LogP contribution in [0.5, 0.6) is 0 Å². The largest absolute Gasteiger partial charge is 0.306 e. The van der Waals surface area contributed by atoms with E-state index in [1.807, 2.05) is 6.07 Å². The molecular formula is C19H12ClN5O2. The van der Waals surface area contributed by atoms with Crippen LogP contribution in [0.3, 0.4) is 0 Å². The second-order valence-corrected chi connectivity index (χ2v) is 6.05.